The van der Waals surface area contributed by atoms with Gasteiger partial charge in [0.15, 0.2) is 5.78 Å². The van der Waals surface area contributed by atoms with Crippen molar-refractivity contribution >= 4 is 5.78 Å². The van der Waals surface area contributed by atoms with E-state index in [2.05, 4.69) is 18.7 Å². The van der Waals surface area contributed by atoms with E-state index in [0.29, 0.717) is 19.1 Å². The van der Waals surface area contributed by atoms with Crippen molar-refractivity contribution in [2.45, 2.75) is 26.7 Å². The van der Waals surface area contributed by atoms with Crippen LogP contribution in [-0.4, -0.2) is 36.9 Å². The van der Waals surface area contributed by atoms with E-state index in [4.69, 9.17) is 4.74 Å². The summed E-state index contributed by atoms with van der Waals surface area (Å²) in [5.41, 5.74) is 0.781. The first kappa shape index (κ1) is 14.1. The summed E-state index contributed by atoms with van der Waals surface area (Å²) < 4.78 is 5.61. The molecule has 0 bridgehead atoms. The summed E-state index contributed by atoms with van der Waals surface area (Å²) in [7, 11) is 0. The zero-order chi connectivity index (χ0) is 13.7. The summed E-state index contributed by atoms with van der Waals surface area (Å²) in [4.78, 5) is 14.3. The Morgan fingerprint density at radius 3 is 2.42 bits per heavy atom. The Bertz CT molecular complexity index is 405. The van der Waals surface area contributed by atoms with E-state index >= 15 is 0 Å². The van der Waals surface area contributed by atoms with Crippen molar-refractivity contribution in [2.24, 2.45) is 5.92 Å². The van der Waals surface area contributed by atoms with E-state index in [-0.39, 0.29) is 5.78 Å². The van der Waals surface area contributed by atoms with Crippen molar-refractivity contribution in [3.63, 3.8) is 0 Å². The van der Waals surface area contributed by atoms with E-state index in [1.165, 1.54) is 12.8 Å². The lowest BCUT2D eigenvalue weighted by Crippen LogP contribution is -2.26. The molecule has 1 aromatic rings. The molecular formula is C16H23NO2. The zero-order valence-corrected chi connectivity index (χ0v) is 11.9. The number of hydrogen-bond donors (Lipinski definition) is 0. The highest BCUT2D eigenvalue weighted by Crippen LogP contribution is 2.15. The second-order valence-electron chi connectivity index (χ2n) is 5.64. The van der Waals surface area contributed by atoms with Crippen LogP contribution in [0.2, 0.25) is 0 Å². The van der Waals surface area contributed by atoms with Gasteiger partial charge in [-0.25, -0.2) is 0 Å². The van der Waals surface area contributed by atoms with Gasteiger partial charge in [-0.15, -0.1) is 0 Å². The highest BCUT2D eigenvalue weighted by molar-refractivity contribution is 5.97. The number of benzene rings is 1. The Labute approximate surface area is 115 Å². The Kier molecular flexibility index (Phi) is 4.97. The molecule has 1 heterocycles. The molecule has 0 aliphatic carbocycles. The van der Waals surface area contributed by atoms with Gasteiger partial charge in [0.25, 0.3) is 0 Å². The standard InChI is InChI=1S/C16H23NO2/c1-13(2)12-19-15-7-5-14(6-8-15)16(18)11-17-9-3-4-10-17/h5-8,13H,3-4,9-12H2,1-2H3. The van der Waals surface area contributed by atoms with Gasteiger partial charge in [0.05, 0.1) is 13.2 Å². The lowest BCUT2D eigenvalue weighted by Gasteiger charge is -2.13. The second kappa shape index (κ2) is 6.71. The third kappa shape index (κ3) is 4.35. The number of likely N-dealkylation sites (tertiary alicyclic amines) is 1. The number of carbonyl (C=O) groups excluding carboxylic acids is 1. The van der Waals surface area contributed by atoms with Crippen LogP contribution in [0.3, 0.4) is 0 Å². The molecule has 1 aliphatic heterocycles. The van der Waals surface area contributed by atoms with Crippen molar-refractivity contribution in [1.82, 2.24) is 4.90 Å². The molecule has 0 unspecified atom stereocenters. The fourth-order valence-electron chi connectivity index (χ4n) is 2.24. The minimum absolute atomic E-state index is 0.206. The minimum atomic E-state index is 0.206. The van der Waals surface area contributed by atoms with Crippen LogP contribution in [0.15, 0.2) is 24.3 Å². The molecule has 3 heteroatoms. The van der Waals surface area contributed by atoms with E-state index in [0.717, 1.165) is 24.4 Å². The number of hydrogen-bond acceptors (Lipinski definition) is 3. The van der Waals surface area contributed by atoms with Crippen LogP contribution in [0.4, 0.5) is 0 Å². The highest BCUT2D eigenvalue weighted by Gasteiger charge is 2.16. The first-order valence-electron chi connectivity index (χ1n) is 7.13. The molecule has 104 valence electrons. The molecule has 1 aliphatic rings. The van der Waals surface area contributed by atoms with Gasteiger partial charge in [-0.05, 0) is 56.1 Å². The molecule has 1 saturated heterocycles. The predicted octanol–water partition coefficient (Wildman–Crippen LogP) is 3.00. The number of nitrogens with zero attached hydrogens (tertiary/aromatic N) is 1. The minimum Gasteiger partial charge on any atom is -0.493 e. The van der Waals surface area contributed by atoms with Crippen LogP contribution >= 0.6 is 0 Å². The van der Waals surface area contributed by atoms with Gasteiger partial charge in [0.1, 0.15) is 5.75 Å². The monoisotopic (exact) mass is 261 g/mol. The van der Waals surface area contributed by atoms with E-state index in [1.54, 1.807) is 0 Å². The summed E-state index contributed by atoms with van der Waals surface area (Å²) in [6, 6.07) is 7.52. The molecule has 0 amide bonds. The number of rotatable bonds is 6. The second-order valence-corrected chi connectivity index (χ2v) is 5.64. The van der Waals surface area contributed by atoms with Crippen molar-refractivity contribution in [3.8, 4) is 5.75 Å². The van der Waals surface area contributed by atoms with Gasteiger partial charge in [0.2, 0.25) is 0 Å². The SMILES string of the molecule is CC(C)COc1ccc(C(=O)CN2CCCC2)cc1. The number of carbonyl (C=O) groups is 1. The largest absolute Gasteiger partial charge is 0.493 e. The lowest BCUT2D eigenvalue weighted by atomic mass is 10.1. The predicted molar refractivity (Wildman–Crippen MR) is 76.8 cm³/mol. The van der Waals surface area contributed by atoms with Crippen LogP contribution in [0.1, 0.15) is 37.0 Å². The molecule has 0 atom stereocenters. The fraction of sp³-hybridized carbons (Fsp3) is 0.562. The topological polar surface area (TPSA) is 29.5 Å². The van der Waals surface area contributed by atoms with Crippen LogP contribution in [0, 0.1) is 5.92 Å². The lowest BCUT2D eigenvalue weighted by molar-refractivity contribution is 0.0945. The third-order valence-corrected chi connectivity index (χ3v) is 3.33. The van der Waals surface area contributed by atoms with Crippen molar-refractivity contribution in [2.75, 3.05) is 26.2 Å². The molecule has 1 aromatic carbocycles. The molecule has 2 rings (SSSR count). The fourth-order valence-corrected chi connectivity index (χ4v) is 2.24. The van der Waals surface area contributed by atoms with E-state index < -0.39 is 0 Å². The summed E-state index contributed by atoms with van der Waals surface area (Å²) >= 11 is 0. The maximum Gasteiger partial charge on any atom is 0.176 e. The molecule has 0 aromatic heterocycles. The molecule has 0 N–H and O–H groups in total. The van der Waals surface area contributed by atoms with Gasteiger partial charge in [-0.1, -0.05) is 13.8 Å². The Morgan fingerprint density at radius 2 is 1.84 bits per heavy atom. The van der Waals surface area contributed by atoms with Crippen LogP contribution in [0.25, 0.3) is 0 Å². The Morgan fingerprint density at radius 1 is 1.21 bits per heavy atom. The normalized spacial score (nSPS) is 15.9. The van der Waals surface area contributed by atoms with Gasteiger partial charge in [-0.2, -0.15) is 0 Å². The molecule has 0 saturated carbocycles. The van der Waals surface area contributed by atoms with Gasteiger partial charge >= 0.3 is 0 Å². The highest BCUT2D eigenvalue weighted by atomic mass is 16.5. The average Bonchev–Trinajstić information content (AvgIpc) is 2.89. The number of Topliss-reactive ketones (excluding diaryl/α,β-unsaturated/α-hetero) is 1. The van der Waals surface area contributed by atoms with Crippen LogP contribution in [-0.2, 0) is 0 Å². The smallest absolute Gasteiger partial charge is 0.176 e. The molecule has 19 heavy (non-hydrogen) atoms. The van der Waals surface area contributed by atoms with Crippen molar-refractivity contribution < 1.29 is 9.53 Å². The summed E-state index contributed by atoms with van der Waals surface area (Å²) in [5, 5.41) is 0. The summed E-state index contributed by atoms with van der Waals surface area (Å²) in [6.07, 6.45) is 2.44. The molecule has 3 nitrogen and oxygen atoms in total. The number of ketones is 1. The van der Waals surface area contributed by atoms with Crippen molar-refractivity contribution in [3.05, 3.63) is 29.8 Å². The van der Waals surface area contributed by atoms with Crippen molar-refractivity contribution in [1.29, 1.82) is 0 Å². The number of ether oxygens (including phenoxy) is 1. The first-order valence-corrected chi connectivity index (χ1v) is 7.13. The molecule has 0 radical (unpaired) electrons. The quantitative estimate of drug-likeness (QED) is 0.737. The van der Waals surface area contributed by atoms with Gasteiger partial charge < -0.3 is 4.74 Å². The zero-order valence-electron chi connectivity index (χ0n) is 11.9. The summed E-state index contributed by atoms with van der Waals surface area (Å²) in [5.74, 6) is 1.56. The summed E-state index contributed by atoms with van der Waals surface area (Å²) in [6.45, 7) is 7.61. The first-order chi connectivity index (χ1) is 9.15. The van der Waals surface area contributed by atoms with E-state index in [1.807, 2.05) is 24.3 Å². The van der Waals surface area contributed by atoms with Crippen LogP contribution < -0.4 is 4.74 Å². The molecular weight excluding hydrogens is 238 g/mol. The maximum absolute atomic E-state index is 12.1. The van der Waals surface area contributed by atoms with Gasteiger partial charge in [-0.3, -0.25) is 9.69 Å². The molecule has 0 spiro atoms. The Hall–Kier alpha value is -1.35. The average molecular weight is 261 g/mol. The molecule has 1 fully saturated rings. The maximum atomic E-state index is 12.1. The Balaban J connectivity index is 1.88. The van der Waals surface area contributed by atoms with Crippen LogP contribution in [0.5, 0.6) is 5.75 Å². The third-order valence-electron chi connectivity index (χ3n) is 3.33. The van der Waals surface area contributed by atoms with E-state index in [9.17, 15) is 4.79 Å². The van der Waals surface area contributed by atoms with Gasteiger partial charge in [0, 0.05) is 5.56 Å².